The summed E-state index contributed by atoms with van der Waals surface area (Å²) in [5, 5.41) is 2.55. The third kappa shape index (κ3) is 8.61. The number of alkyl halides is 3. The van der Waals surface area contributed by atoms with Crippen molar-refractivity contribution < 1.29 is 22.7 Å². The van der Waals surface area contributed by atoms with Crippen LogP contribution in [0.25, 0.3) is 0 Å². The van der Waals surface area contributed by atoms with Crippen molar-refractivity contribution in [2.24, 2.45) is 0 Å². The Morgan fingerprint density at radius 1 is 0.936 bits per heavy atom. The summed E-state index contributed by atoms with van der Waals surface area (Å²) in [6.45, 7) is 3.41. The molecule has 6 nitrogen and oxygen atoms in total. The quantitative estimate of drug-likeness (QED) is 0.118. The van der Waals surface area contributed by atoms with E-state index in [4.69, 9.17) is 16.3 Å². The highest BCUT2D eigenvalue weighted by atomic mass is 35.5. The predicted molar refractivity (Wildman–Crippen MR) is 177 cm³/mol. The van der Waals surface area contributed by atoms with Gasteiger partial charge in [-0.05, 0) is 53.8 Å². The van der Waals surface area contributed by atoms with Crippen LogP contribution in [0.1, 0.15) is 47.0 Å². The highest BCUT2D eigenvalue weighted by Gasteiger charge is 2.38. The van der Waals surface area contributed by atoms with Gasteiger partial charge in [0, 0.05) is 25.5 Å². The third-order valence-corrected chi connectivity index (χ3v) is 8.61. The van der Waals surface area contributed by atoms with E-state index in [9.17, 15) is 18.0 Å². The van der Waals surface area contributed by atoms with Crippen LogP contribution in [0.5, 0.6) is 5.75 Å². The number of hydrogen-bond acceptors (Lipinski definition) is 4. The van der Waals surface area contributed by atoms with Crippen molar-refractivity contribution in [1.29, 1.82) is 0 Å². The lowest BCUT2D eigenvalue weighted by atomic mass is 9.82. The van der Waals surface area contributed by atoms with E-state index in [2.05, 4.69) is 27.1 Å². The molecule has 0 aliphatic carbocycles. The molecule has 1 heterocycles. The smallest absolute Gasteiger partial charge is 0.417 e. The number of imidazole rings is 1. The summed E-state index contributed by atoms with van der Waals surface area (Å²) in [6, 6.07) is 31.3. The number of halogens is 4. The molecule has 0 fully saturated rings. The first-order valence-electron chi connectivity index (χ1n) is 15.3. The number of rotatable bonds is 14. The van der Waals surface area contributed by atoms with Crippen molar-refractivity contribution in [3.05, 3.63) is 154 Å². The van der Waals surface area contributed by atoms with E-state index in [1.165, 1.54) is 6.07 Å². The Morgan fingerprint density at radius 3 is 2.26 bits per heavy atom. The number of aromatic amines is 1. The van der Waals surface area contributed by atoms with Gasteiger partial charge in [0.25, 0.3) is 0 Å². The second-order valence-electron chi connectivity index (χ2n) is 11.3. The number of nitrogens with one attached hydrogen (secondary N) is 2. The van der Waals surface area contributed by atoms with Gasteiger partial charge in [0.15, 0.2) is 0 Å². The molecule has 0 radical (unpaired) electrons. The molecule has 10 heteroatoms. The van der Waals surface area contributed by atoms with Gasteiger partial charge in [-0.1, -0.05) is 96.5 Å². The monoisotopic (exact) mass is 660 g/mol. The van der Waals surface area contributed by atoms with Gasteiger partial charge in [-0.2, -0.15) is 13.2 Å². The van der Waals surface area contributed by atoms with Gasteiger partial charge in [-0.3, -0.25) is 9.69 Å². The van der Waals surface area contributed by atoms with Crippen LogP contribution in [0.15, 0.2) is 116 Å². The minimum absolute atomic E-state index is 0.136. The zero-order valence-electron chi connectivity index (χ0n) is 25.9. The summed E-state index contributed by atoms with van der Waals surface area (Å²) in [7, 11) is 0. The van der Waals surface area contributed by atoms with Gasteiger partial charge < -0.3 is 15.0 Å². The number of aromatic nitrogens is 2. The molecule has 2 N–H and O–H groups in total. The first-order chi connectivity index (χ1) is 22.6. The lowest BCUT2D eigenvalue weighted by Crippen LogP contribution is -2.45. The highest BCUT2D eigenvalue weighted by molar-refractivity contribution is 6.32. The van der Waals surface area contributed by atoms with E-state index in [-0.39, 0.29) is 23.9 Å². The fourth-order valence-electron chi connectivity index (χ4n) is 5.66. The largest absolute Gasteiger partial charge is 0.494 e. The molecule has 0 bridgehead atoms. The fourth-order valence-corrected chi connectivity index (χ4v) is 5.95. The fraction of sp³-hybridized carbons (Fsp3) is 0.243. The van der Waals surface area contributed by atoms with E-state index in [1.54, 1.807) is 18.5 Å². The zero-order chi connectivity index (χ0) is 33.3. The molecule has 244 valence electrons. The number of carbonyl (C=O) groups excluding carboxylic acids is 1. The van der Waals surface area contributed by atoms with Gasteiger partial charge in [0.2, 0.25) is 5.91 Å². The van der Waals surface area contributed by atoms with E-state index < -0.39 is 17.3 Å². The van der Waals surface area contributed by atoms with Gasteiger partial charge >= 0.3 is 6.18 Å². The van der Waals surface area contributed by atoms with Crippen molar-refractivity contribution in [2.45, 2.75) is 44.6 Å². The maximum absolute atomic E-state index is 13.8. The van der Waals surface area contributed by atoms with Crippen LogP contribution in [0.3, 0.4) is 0 Å². The van der Waals surface area contributed by atoms with Crippen LogP contribution in [0, 0.1) is 0 Å². The molecule has 0 aliphatic heterocycles. The molecule has 1 amide bonds. The first kappa shape index (κ1) is 33.8. The standard InChI is InChI=1S/C37H36ClF3N4O2/c1-36(29-13-4-2-5-14-29,30-15-6-3-7-16-30)45(26-28-12-9-18-32(35(28)38)37(39,40)41)21-10-22-47-31-17-8-11-27(23-31)24-34(46)44-25-33-42-19-20-43-33/h2-9,11-20,23H,10,21-22,24-26H2,1H3,(H,42,43)(H,44,46). The SMILES string of the molecule is CC(c1ccccc1)(c1ccccc1)N(CCCOc1cccc(CC(=O)NCc2ncc[nH]2)c1)Cc1cccc(C(F)(F)F)c1Cl. The Morgan fingerprint density at radius 2 is 1.62 bits per heavy atom. The van der Waals surface area contributed by atoms with Crippen molar-refractivity contribution in [1.82, 2.24) is 20.2 Å². The van der Waals surface area contributed by atoms with Crippen molar-refractivity contribution >= 4 is 17.5 Å². The molecule has 4 aromatic carbocycles. The summed E-state index contributed by atoms with van der Waals surface area (Å²) in [6.07, 6.45) is -0.476. The molecule has 0 spiro atoms. The molecule has 0 aliphatic rings. The number of H-pyrrole nitrogens is 1. The number of hydrogen-bond donors (Lipinski definition) is 2. The van der Waals surface area contributed by atoms with Crippen LogP contribution < -0.4 is 10.1 Å². The summed E-state index contributed by atoms with van der Waals surface area (Å²) in [4.78, 5) is 21.7. The summed E-state index contributed by atoms with van der Waals surface area (Å²) in [5.74, 6) is 1.17. The Hall–Kier alpha value is -4.60. The third-order valence-electron chi connectivity index (χ3n) is 8.16. The van der Waals surface area contributed by atoms with Crippen molar-refractivity contribution in [3.8, 4) is 5.75 Å². The van der Waals surface area contributed by atoms with Gasteiger partial charge in [-0.15, -0.1) is 0 Å². The molecule has 0 saturated carbocycles. The van der Waals surface area contributed by atoms with Crippen LogP contribution in [0.4, 0.5) is 13.2 Å². The van der Waals surface area contributed by atoms with E-state index in [0.29, 0.717) is 43.3 Å². The van der Waals surface area contributed by atoms with Gasteiger partial charge in [0.1, 0.15) is 11.6 Å². The van der Waals surface area contributed by atoms with Crippen LogP contribution in [-0.4, -0.2) is 33.9 Å². The Labute approximate surface area is 277 Å². The summed E-state index contributed by atoms with van der Waals surface area (Å²) >= 11 is 6.41. The lowest BCUT2D eigenvalue weighted by molar-refractivity contribution is -0.137. The Balaban J connectivity index is 1.33. The molecule has 5 rings (SSSR count). The van der Waals surface area contributed by atoms with Gasteiger partial charge in [-0.25, -0.2) is 4.98 Å². The number of benzene rings is 4. The normalized spacial score (nSPS) is 11.9. The highest BCUT2D eigenvalue weighted by Crippen LogP contribution is 2.40. The van der Waals surface area contributed by atoms with E-state index >= 15 is 0 Å². The number of nitrogens with zero attached hydrogens (tertiary/aromatic N) is 2. The number of ether oxygens (including phenoxy) is 1. The second kappa shape index (κ2) is 15.3. The van der Waals surface area contributed by atoms with Gasteiger partial charge in [0.05, 0.1) is 35.7 Å². The molecule has 47 heavy (non-hydrogen) atoms. The lowest BCUT2D eigenvalue weighted by Gasteiger charge is -2.43. The van der Waals surface area contributed by atoms with E-state index in [1.807, 2.05) is 84.9 Å². The van der Waals surface area contributed by atoms with E-state index in [0.717, 1.165) is 22.8 Å². The average Bonchev–Trinajstić information content (AvgIpc) is 3.60. The Kier molecular flexibility index (Phi) is 11.0. The first-order valence-corrected chi connectivity index (χ1v) is 15.7. The molecule has 0 unspecified atom stereocenters. The summed E-state index contributed by atoms with van der Waals surface area (Å²) < 4.78 is 47.5. The van der Waals surface area contributed by atoms with Crippen molar-refractivity contribution in [3.63, 3.8) is 0 Å². The van der Waals surface area contributed by atoms with Crippen LogP contribution >= 0.6 is 11.6 Å². The minimum Gasteiger partial charge on any atom is -0.494 e. The topological polar surface area (TPSA) is 70.2 Å². The zero-order valence-corrected chi connectivity index (χ0v) is 26.7. The average molecular weight is 661 g/mol. The predicted octanol–water partition coefficient (Wildman–Crippen LogP) is 8.18. The summed E-state index contributed by atoms with van der Waals surface area (Å²) in [5.41, 5.74) is 1.62. The number of carbonyl (C=O) groups is 1. The second-order valence-corrected chi connectivity index (χ2v) is 11.7. The molecular weight excluding hydrogens is 625 g/mol. The molecule has 0 saturated heterocycles. The van der Waals surface area contributed by atoms with Crippen molar-refractivity contribution in [2.75, 3.05) is 13.2 Å². The van der Waals surface area contributed by atoms with Crippen LogP contribution in [-0.2, 0) is 36.0 Å². The maximum Gasteiger partial charge on any atom is 0.417 e. The number of amides is 1. The Bertz CT molecular complexity index is 1690. The maximum atomic E-state index is 13.8. The minimum atomic E-state index is -4.57. The molecule has 5 aromatic rings. The molecule has 0 atom stereocenters. The molecule has 1 aromatic heterocycles. The molecular formula is C37H36ClF3N4O2. The van der Waals surface area contributed by atoms with Crippen LogP contribution in [0.2, 0.25) is 5.02 Å².